The van der Waals surface area contributed by atoms with E-state index in [9.17, 15) is 14.0 Å². The number of thiophene rings is 1. The summed E-state index contributed by atoms with van der Waals surface area (Å²) < 4.78 is 18.2. The van der Waals surface area contributed by atoms with E-state index in [1.54, 1.807) is 24.6 Å². The third kappa shape index (κ3) is 2.03. The van der Waals surface area contributed by atoms with E-state index in [0.29, 0.717) is 10.2 Å². The lowest BCUT2D eigenvalue weighted by Crippen LogP contribution is -2.24. The van der Waals surface area contributed by atoms with Gasteiger partial charge in [-0.3, -0.25) is 9.36 Å². The molecule has 0 saturated carbocycles. The molecule has 0 aliphatic heterocycles. The highest BCUT2D eigenvalue weighted by Gasteiger charge is 2.18. The molecule has 3 heterocycles. The summed E-state index contributed by atoms with van der Waals surface area (Å²) in [6.07, 6.45) is 0. The van der Waals surface area contributed by atoms with Gasteiger partial charge in [0.25, 0.3) is 5.56 Å². The van der Waals surface area contributed by atoms with E-state index in [-0.39, 0.29) is 28.5 Å². The molecule has 0 amide bonds. The Bertz CT molecular complexity index is 1200. The zero-order valence-electron chi connectivity index (χ0n) is 12.4. The minimum Gasteiger partial charge on any atom is -0.279 e. The van der Waals surface area contributed by atoms with Gasteiger partial charge in [0.05, 0.1) is 12.1 Å². The van der Waals surface area contributed by atoms with Crippen molar-refractivity contribution in [1.82, 2.24) is 18.7 Å². The number of nitrogens with zero attached hydrogens (tertiary/aromatic N) is 4. The summed E-state index contributed by atoms with van der Waals surface area (Å²) in [7, 11) is 1.55. The van der Waals surface area contributed by atoms with Crippen molar-refractivity contribution in [3.63, 3.8) is 0 Å². The van der Waals surface area contributed by atoms with E-state index >= 15 is 0 Å². The third-order valence-electron chi connectivity index (χ3n) is 3.88. The zero-order chi connectivity index (χ0) is 17.0. The van der Waals surface area contributed by atoms with Crippen LogP contribution in [0.5, 0.6) is 0 Å². The summed E-state index contributed by atoms with van der Waals surface area (Å²) in [6, 6.07) is 6.01. The first-order chi connectivity index (χ1) is 11.5. The SMILES string of the molecule is Cn1c(=O)c2sccc2n2c(=O)n(Cc3c(F)cccc3Cl)nc12. The Hall–Kier alpha value is -2.45. The normalized spacial score (nSPS) is 11.6. The van der Waals surface area contributed by atoms with Crippen LogP contribution in [0.2, 0.25) is 5.02 Å². The zero-order valence-corrected chi connectivity index (χ0v) is 13.9. The molecule has 9 heteroatoms. The summed E-state index contributed by atoms with van der Waals surface area (Å²) in [5, 5.41) is 6.14. The number of aromatic nitrogens is 4. The highest BCUT2D eigenvalue weighted by molar-refractivity contribution is 7.17. The second-order valence-electron chi connectivity index (χ2n) is 5.27. The van der Waals surface area contributed by atoms with Gasteiger partial charge in [0.2, 0.25) is 5.78 Å². The lowest BCUT2D eigenvalue weighted by atomic mass is 10.2. The highest BCUT2D eigenvalue weighted by atomic mass is 35.5. The van der Waals surface area contributed by atoms with Crippen LogP contribution in [0.15, 0.2) is 39.2 Å². The molecule has 0 bridgehead atoms. The molecular formula is C15H10ClFN4O2S. The summed E-state index contributed by atoms with van der Waals surface area (Å²) in [5.74, 6) is -0.315. The summed E-state index contributed by atoms with van der Waals surface area (Å²) in [6.45, 7) is -0.119. The minimum absolute atomic E-state index is 0.119. The highest BCUT2D eigenvalue weighted by Crippen LogP contribution is 2.20. The summed E-state index contributed by atoms with van der Waals surface area (Å²) in [4.78, 5) is 25.0. The standard InChI is InChI=1S/C15H10ClFN4O2S/c1-19-13(22)12-11(5-6-24-12)21-14(19)18-20(15(21)23)7-8-9(16)3-2-4-10(8)17/h2-6H,7H2,1H3. The van der Waals surface area contributed by atoms with Crippen molar-refractivity contribution in [3.8, 4) is 0 Å². The Balaban J connectivity index is 2.02. The molecule has 1 aromatic carbocycles. The largest absolute Gasteiger partial charge is 0.352 e. The summed E-state index contributed by atoms with van der Waals surface area (Å²) in [5.41, 5.74) is -0.0119. The third-order valence-corrected chi connectivity index (χ3v) is 5.12. The predicted octanol–water partition coefficient (Wildman–Crippen LogP) is 2.25. The van der Waals surface area contributed by atoms with Crippen molar-refractivity contribution in [3.05, 3.63) is 66.9 Å². The average molecular weight is 365 g/mol. The predicted molar refractivity (Wildman–Crippen MR) is 90.6 cm³/mol. The first-order valence-electron chi connectivity index (χ1n) is 6.97. The fourth-order valence-electron chi connectivity index (χ4n) is 2.64. The lowest BCUT2D eigenvalue weighted by molar-refractivity contribution is 0.578. The Morgan fingerprint density at radius 1 is 1.29 bits per heavy atom. The van der Waals surface area contributed by atoms with E-state index in [0.717, 1.165) is 4.68 Å². The monoisotopic (exact) mass is 364 g/mol. The van der Waals surface area contributed by atoms with Crippen molar-refractivity contribution in [2.75, 3.05) is 0 Å². The molecule has 6 nitrogen and oxygen atoms in total. The van der Waals surface area contributed by atoms with Crippen LogP contribution in [0.4, 0.5) is 4.39 Å². The molecule has 0 N–H and O–H groups in total. The van der Waals surface area contributed by atoms with E-state index < -0.39 is 11.5 Å². The number of benzene rings is 1. The molecule has 0 aliphatic carbocycles. The number of rotatable bonds is 2. The Kier molecular flexibility index (Phi) is 3.33. The van der Waals surface area contributed by atoms with E-state index in [4.69, 9.17) is 11.6 Å². The maximum absolute atomic E-state index is 14.0. The molecule has 0 fully saturated rings. The van der Waals surface area contributed by atoms with Gasteiger partial charge < -0.3 is 0 Å². The fourth-order valence-corrected chi connectivity index (χ4v) is 3.72. The number of aryl methyl sites for hydroxylation is 1. The number of hydrogen-bond donors (Lipinski definition) is 0. The molecule has 24 heavy (non-hydrogen) atoms. The fraction of sp³-hybridized carbons (Fsp3) is 0.133. The second kappa shape index (κ2) is 5.29. The topological polar surface area (TPSA) is 61.3 Å². The van der Waals surface area contributed by atoms with Crippen molar-refractivity contribution in [2.24, 2.45) is 7.05 Å². The van der Waals surface area contributed by atoms with Gasteiger partial charge in [-0.2, -0.15) is 0 Å². The van der Waals surface area contributed by atoms with Crippen molar-refractivity contribution < 1.29 is 4.39 Å². The van der Waals surface area contributed by atoms with Crippen LogP contribution in [0.1, 0.15) is 5.56 Å². The van der Waals surface area contributed by atoms with Gasteiger partial charge in [-0.1, -0.05) is 17.7 Å². The minimum atomic E-state index is -0.513. The quantitative estimate of drug-likeness (QED) is 0.548. The molecule has 0 aliphatic rings. The molecule has 122 valence electrons. The maximum Gasteiger partial charge on any atom is 0.352 e. The van der Waals surface area contributed by atoms with Crippen LogP contribution in [0.3, 0.4) is 0 Å². The maximum atomic E-state index is 14.0. The van der Waals surface area contributed by atoms with E-state index in [1.165, 1.54) is 32.4 Å². The van der Waals surface area contributed by atoms with E-state index in [1.807, 2.05) is 0 Å². The van der Waals surface area contributed by atoms with Crippen LogP contribution >= 0.6 is 22.9 Å². The van der Waals surface area contributed by atoms with Crippen molar-refractivity contribution in [2.45, 2.75) is 6.54 Å². The number of hydrogen-bond acceptors (Lipinski definition) is 4. The van der Waals surface area contributed by atoms with Gasteiger partial charge in [0.1, 0.15) is 10.5 Å². The first-order valence-corrected chi connectivity index (χ1v) is 8.23. The van der Waals surface area contributed by atoms with E-state index in [2.05, 4.69) is 5.10 Å². The molecular weight excluding hydrogens is 355 g/mol. The van der Waals surface area contributed by atoms with Gasteiger partial charge in [-0.25, -0.2) is 18.3 Å². The van der Waals surface area contributed by atoms with Crippen LogP contribution in [-0.2, 0) is 13.6 Å². The molecule has 0 saturated heterocycles. The molecule has 4 aromatic rings. The summed E-state index contributed by atoms with van der Waals surface area (Å²) >= 11 is 7.28. The van der Waals surface area contributed by atoms with Gasteiger partial charge in [-0.05, 0) is 23.6 Å². The second-order valence-corrected chi connectivity index (χ2v) is 6.60. The lowest BCUT2D eigenvalue weighted by Gasteiger charge is -2.04. The smallest absolute Gasteiger partial charge is 0.279 e. The van der Waals surface area contributed by atoms with Gasteiger partial charge in [0, 0.05) is 17.6 Å². The van der Waals surface area contributed by atoms with Crippen molar-refractivity contribution >= 4 is 38.9 Å². The van der Waals surface area contributed by atoms with Gasteiger partial charge >= 0.3 is 5.69 Å². The van der Waals surface area contributed by atoms with Crippen LogP contribution in [0, 0.1) is 5.82 Å². The number of halogens is 2. The Labute approximate surface area is 142 Å². The molecule has 0 unspecified atom stereocenters. The van der Waals surface area contributed by atoms with Crippen LogP contribution in [0.25, 0.3) is 16.0 Å². The Morgan fingerprint density at radius 2 is 2.08 bits per heavy atom. The molecule has 0 spiro atoms. The Morgan fingerprint density at radius 3 is 2.83 bits per heavy atom. The van der Waals surface area contributed by atoms with Gasteiger partial charge in [0.15, 0.2) is 0 Å². The van der Waals surface area contributed by atoms with Crippen LogP contribution < -0.4 is 11.2 Å². The van der Waals surface area contributed by atoms with Gasteiger partial charge in [-0.15, -0.1) is 16.4 Å². The molecule has 0 radical (unpaired) electrons. The van der Waals surface area contributed by atoms with Crippen LogP contribution in [-0.4, -0.2) is 18.7 Å². The molecule has 4 rings (SSSR count). The number of fused-ring (bicyclic) bond motifs is 3. The molecule has 3 aromatic heterocycles. The van der Waals surface area contributed by atoms with Crippen molar-refractivity contribution in [1.29, 1.82) is 0 Å². The molecule has 0 atom stereocenters. The first kappa shape index (κ1) is 15.1. The average Bonchev–Trinajstić information content (AvgIpc) is 3.14.